The van der Waals surface area contributed by atoms with Crippen LogP contribution in [0, 0.1) is 0 Å². The van der Waals surface area contributed by atoms with Gasteiger partial charge >= 0.3 is 0 Å². The van der Waals surface area contributed by atoms with Crippen molar-refractivity contribution in [2.24, 2.45) is 0 Å². The van der Waals surface area contributed by atoms with E-state index in [9.17, 15) is 4.79 Å². The van der Waals surface area contributed by atoms with Gasteiger partial charge in [0, 0.05) is 18.3 Å². The van der Waals surface area contributed by atoms with E-state index >= 15 is 0 Å². The van der Waals surface area contributed by atoms with Crippen LogP contribution in [0.5, 0.6) is 0 Å². The summed E-state index contributed by atoms with van der Waals surface area (Å²) in [4.78, 5) is 16.2. The number of nitrogens with zero attached hydrogens (tertiary/aromatic N) is 2. The molecule has 5 heteroatoms. The predicted octanol–water partition coefficient (Wildman–Crippen LogP) is 1.21. The van der Waals surface area contributed by atoms with Crippen molar-refractivity contribution in [3.8, 4) is 5.69 Å². The minimum atomic E-state index is -0.122. The van der Waals surface area contributed by atoms with Crippen molar-refractivity contribution in [2.45, 2.75) is 13.0 Å². The maximum atomic E-state index is 12.1. The number of rotatable bonds is 5. The zero-order valence-electron chi connectivity index (χ0n) is 11.1. The summed E-state index contributed by atoms with van der Waals surface area (Å²) >= 11 is 0. The Labute approximate surface area is 112 Å². The first-order chi connectivity index (χ1) is 9.22. The Morgan fingerprint density at radius 1 is 1.37 bits per heavy atom. The van der Waals surface area contributed by atoms with E-state index in [1.54, 1.807) is 17.1 Å². The average molecular weight is 258 g/mol. The van der Waals surface area contributed by atoms with E-state index in [0.717, 1.165) is 5.69 Å². The van der Waals surface area contributed by atoms with Gasteiger partial charge in [-0.05, 0) is 26.1 Å². The summed E-state index contributed by atoms with van der Waals surface area (Å²) < 4.78 is 1.78. The molecule has 1 amide bonds. The Kier molecular flexibility index (Phi) is 4.30. The molecule has 0 saturated heterocycles. The molecule has 0 saturated carbocycles. The lowest BCUT2D eigenvalue weighted by atomic mass is 10.3. The molecule has 1 aromatic heterocycles. The summed E-state index contributed by atoms with van der Waals surface area (Å²) in [5.74, 6) is -0.122. The number of amides is 1. The number of hydrogen-bond acceptors (Lipinski definition) is 3. The number of benzene rings is 1. The van der Waals surface area contributed by atoms with E-state index in [0.29, 0.717) is 12.2 Å². The number of imidazole rings is 1. The first-order valence-corrected chi connectivity index (χ1v) is 6.25. The van der Waals surface area contributed by atoms with Crippen LogP contribution in [0.15, 0.2) is 42.9 Å². The van der Waals surface area contributed by atoms with Gasteiger partial charge in [-0.3, -0.25) is 9.36 Å². The molecule has 1 atom stereocenters. The summed E-state index contributed by atoms with van der Waals surface area (Å²) in [5.41, 5.74) is 1.46. The third kappa shape index (κ3) is 3.20. The standard InChI is InChI=1S/C14H18N4O/c1-11(15-2)8-17-14(19)13-9-16-10-18(13)12-6-4-3-5-7-12/h3-7,9-11,15H,8H2,1-2H3,(H,17,19). The zero-order valence-corrected chi connectivity index (χ0v) is 11.1. The molecular formula is C14H18N4O. The summed E-state index contributed by atoms with van der Waals surface area (Å²) in [7, 11) is 1.87. The van der Waals surface area contributed by atoms with Crippen molar-refractivity contribution in [3.63, 3.8) is 0 Å². The van der Waals surface area contributed by atoms with Gasteiger partial charge in [0.05, 0.1) is 12.5 Å². The summed E-state index contributed by atoms with van der Waals surface area (Å²) in [6.45, 7) is 2.59. The van der Waals surface area contributed by atoms with Gasteiger partial charge in [0.1, 0.15) is 5.69 Å². The fourth-order valence-corrected chi connectivity index (χ4v) is 1.70. The van der Waals surface area contributed by atoms with Crippen LogP contribution in [-0.4, -0.2) is 35.1 Å². The maximum absolute atomic E-state index is 12.1. The van der Waals surface area contributed by atoms with Gasteiger partial charge in [-0.1, -0.05) is 18.2 Å². The predicted molar refractivity (Wildman–Crippen MR) is 74.4 cm³/mol. The maximum Gasteiger partial charge on any atom is 0.269 e. The fraction of sp³-hybridized carbons (Fsp3) is 0.286. The molecule has 100 valence electrons. The van der Waals surface area contributed by atoms with Crippen LogP contribution in [0.4, 0.5) is 0 Å². The van der Waals surface area contributed by atoms with Crippen LogP contribution < -0.4 is 10.6 Å². The van der Waals surface area contributed by atoms with Crippen LogP contribution in [-0.2, 0) is 0 Å². The number of carbonyl (C=O) groups is 1. The number of para-hydroxylation sites is 1. The molecule has 0 spiro atoms. The highest BCUT2D eigenvalue weighted by atomic mass is 16.1. The third-order valence-corrected chi connectivity index (χ3v) is 2.97. The molecule has 5 nitrogen and oxygen atoms in total. The van der Waals surface area contributed by atoms with E-state index < -0.39 is 0 Å². The smallest absolute Gasteiger partial charge is 0.269 e. The van der Waals surface area contributed by atoms with Gasteiger partial charge in [0.15, 0.2) is 0 Å². The van der Waals surface area contributed by atoms with Crippen molar-refractivity contribution < 1.29 is 4.79 Å². The van der Waals surface area contributed by atoms with Gasteiger partial charge in [0.25, 0.3) is 5.91 Å². The molecular weight excluding hydrogens is 240 g/mol. The summed E-state index contributed by atoms with van der Waals surface area (Å²) in [6, 6.07) is 9.91. The van der Waals surface area contributed by atoms with Crippen molar-refractivity contribution in [1.82, 2.24) is 20.2 Å². The van der Waals surface area contributed by atoms with Gasteiger partial charge < -0.3 is 10.6 Å². The van der Waals surface area contributed by atoms with Crippen LogP contribution >= 0.6 is 0 Å². The Morgan fingerprint density at radius 3 is 2.79 bits per heavy atom. The molecule has 0 fully saturated rings. The Balaban J connectivity index is 2.14. The molecule has 2 aromatic rings. The molecule has 1 aromatic carbocycles. The topological polar surface area (TPSA) is 58.9 Å². The minimum absolute atomic E-state index is 0.122. The van der Waals surface area contributed by atoms with Gasteiger partial charge in [-0.15, -0.1) is 0 Å². The number of likely N-dealkylation sites (N-methyl/N-ethyl adjacent to an activating group) is 1. The molecule has 2 N–H and O–H groups in total. The normalized spacial score (nSPS) is 12.1. The fourth-order valence-electron chi connectivity index (χ4n) is 1.70. The molecule has 2 rings (SSSR count). The average Bonchev–Trinajstić information content (AvgIpc) is 2.94. The van der Waals surface area contributed by atoms with Crippen molar-refractivity contribution in [1.29, 1.82) is 0 Å². The zero-order chi connectivity index (χ0) is 13.7. The number of carbonyl (C=O) groups excluding carboxylic acids is 1. The Morgan fingerprint density at radius 2 is 2.11 bits per heavy atom. The molecule has 0 aliphatic carbocycles. The van der Waals surface area contributed by atoms with Gasteiger partial charge in [-0.25, -0.2) is 4.98 Å². The lowest BCUT2D eigenvalue weighted by molar-refractivity contribution is 0.0943. The molecule has 19 heavy (non-hydrogen) atoms. The number of hydrogen-bond donors (Lipinski definition) is 2. The second-order valence-corrected chi connectivity index (χ2v) is 4.38. The third-order valence-electron chi connectivity index (χ3n) is 2.97. The molecule has 0 bridgehead atoms. The van der Waals surface area contributed by atoms with Gasteiger partial charge in [0.2, 0.25) is 0 Å². The second kappa shape index (κ2) is 6.15. The van der Waals surface area contributed by atoms with Crippen LogP contribution in [0.2, 0.25) is 0 Å². The first-order valence-electron chi connectivity index (χ1n) is 6.25. The lowest BCUT2D eigenvalue weighted by Gasteiger charge is -2.12. The van der Waals surface area contributed by atoms with Crippen molar-refractivity contribution >= 4 is 5.91 Å². The molecule has 1 unspecified atom stereocenters. The van der Waals surface area contributed by atoms with Crippen LogP contribution in [0.3, 0.4) is 0 Å². The van der Waals surface area contributed by atoms with E-state index in [4.69, 9.17) is 0 Å². The highest BCUT2D eigenvalue weighted by molar-refractivity contribution is 5.93. The van der Waals surface area contributed by atoms with Crippen molar-refractivity contribution in [3.05, 3.63) is 48.5 Å². The van der Waals surface area contributed by atoms with E-state index in [1.165, 1.54) is 0 Å². The Bertz CT molecular complexity index is 535. The number of nitrogens with one attached hydrogen (secondary N) is 2. The molecule has 0 aliphatic rings. The van der Waals surface area contributed by atoms with Crippen molar-refractivity contribution in [2.75, 3.05) is 13.6 Å². The Hall–Kier alpha value is -2.14. The molecule has 0 aliphatic heterocycles. The summed E-state index contributed by atoms with van der Waals surface area (Å²) in [6.07, 6.45) is 3.22. The van der Waals surface area contributed by atoms with Gasteiger partial charge in [-0.2, -0.15) is 0 Å². The SMILES string of the molecule is CNC(C)CNC(=O)c1cncn1-c1ccccc1. The molecule has 0 radical (unpaired) electrons. The van der Waals surface area contributed by atoms with E-state index in [2.05, 4.69) is 15.6 Å². The largest absolute Gasteiger partial charge is 0.349 e. The minimum Gasteiger partial charge on any atom is -0.349 e. The highest BCUT2D eigenvalue weighted by Gasteiger charge is 2.13. The van der Waals surface area contributed by atoms with Crippen LogP contribution in [0.1, 0.15) is 17.4 Å². The highest BCUT2D eigenvalue weighted by Crippen LogP contribution is 2.10. The lowest BCUT2D eigenvalue weighted by Crippen LogP contribution is -2.37. The van der Waals surface area contributed by atoms with E-state index in [-0.39, 0.29) is 11.9 Å². The second-order valence-electron chi connectivity index (χ2n) is 4.38. The van der Waals surface area contributed by atoms with E-state index in [1.807, 2.05) is 44.3 Å². The first kappa shape index (κ1) is 13.3. The number of aromatic nitrogens is 2. The quantitative estimate of drug-likeness (QED) is 0.847. The summed E-state index contributed by atoms with van der Waals surface area (Å²) in [5, 5.41) is 5.96. The van der Waals surface area contributed by atoms with Crippen LogP contribution in [0.25, 0.3) is 5.69 Å². The molecule has 1 heterocycles. The monoisotopic (exact) mass is 258 g/mol.